The third-order valence-electron chi connectivity index (χ3n) is 6.34. The highest BCUT2D eigenvalue weighted by Gasteiger charge is 2.38. The molecular weight excluding hydrogens is 566 g/mol. The summed E-state index contributed by atoms with van der Waals surface area (Å²) >= 11 is 1.14. The normalized spacial score (nSPS) is 17.8. The molecule has 1 fully saturated rings. The molecule has 0 spiro atoms. The van der Waals surface area contributed by atoms with Crippen LogP contribution in [0.1, 0.15) is 35.1 Å². The molecule has 1 saturated heterocycles. The number of aliphatic carboxylic acids is 1. The fraction of sp³-hybridized carbons (Fsp3) is 0.346. The van der Waals surface area contributed by atoms with Gasteiger partial charge in [-0.3, -0.25) is 9.59 Å². The lowest BCUT2D eigenvalue weighted by Gasteiger charge is -2.30. The molecule has 2 aromatic rings. The average Bonchev–Trinajstić information content (AvgIpc) is 3.26. The average molecular weight is 589 g/mol. The van der Waals surface area contributed by atoms with Crippen molar-refractivity contribution >= 4 is 34.9 Å². The van der Waals surface area contributed by atoms with Crippen molar-refractivity contribution in [3.05, 3.63) is 63.6 Å². The Morgan fingerprint density at radius 3 is 2.38 bits per heavy atom. The molecule has 2 aliphatic rings. The predicted molar refractivity (Wildman–Crippen MR) is 134 cm³/mol. The van der Waals surface area contributed by atoms with Gasteiger partial charge in [0.1, 0.15) is 6.61 Å². The molecule has 40 heavy (non-hydrogen) atoms. The number of alkyl halides is 6. The van der Waals surface area contributed by atoms with Gasteiger partial charge in [-0.05, 0) is 60.5 Å². The quantitative estimate of drug-likeness (QED) is 0.323. The maximum absolute atomic E-state index is 13.4. The van der Waals surface area contributed by atoms with Crippen LogP contribution >= 0.6 is 11.8 Å². The highest BCUT2D eigenvalue weighted by atomic mass is 32.2. The van der Waals surface area contributed by atoms with E-state index in [1.807, 2.05) is 4.90 Å². The first-order valence-corrected chi connectivity index (χ1v) is 12.7. The Morgan fingerprint density at radius 1 is 1.07 bits per heavy atom. The number of amides is 1. The third-order valence-corrected chi connectivity index (χ3v) is 7.38. The number of halogens is 6. The molecule has 0 saturated carbocycles. The minimum absolute atomic E-state index is 0.0429. The number of nitrogens with zero attached hydrogens (tertiary/aromatic N) is 2. The van der Waals surface area contributed by atoms with Gasteiger partial charge in [-0.2, -0.15) is 31.3 Å². The van der Waals surface area contributed by atoms with Gasteiger partial charge in [-0.1, -0.05) is 12.1 Å². The van der Waals surface area contributed by atoms with Crippen molar-refractivity contribution < 1.29 is 50.5 Å². The number of carbonyl (C=O) groups excluding carboxylic acids is 1. The Balaban J connectivity index is 1.46. The van der Waals surface area contributed by atoms with Crippen LogP contribution in [0.25, 0.3) is 6.08 Å². The molecule has 2 heterocycles. The first kappa shape index (κ1) is 29.3. The number of hydrogen-bond acceptors (Lipinski definition) is 6. The summed E-state index contributed by atoms with van der Waals surface area (Å²) in [5, 5.41) is 9.63. The van der Waals surface area contributed by atoms with Crippen molar-refractivity contribution in [1.82, 2.24) is 4.90 Å². The minimum Gasteiger partial charge on any atom is -0.493 e. The van der Waals surface area contributed by atoms with E-state index >= 15 is 0 Å². The summed E-state index contributed by atoms with van der Waals surface area (Å²) in [5.41, 5.74) is -2.86. The number of carbonyl (C=O) groups is 2. The first-order chi connectivity index (χ1) is 18.8. The number of carboxylic acids is 1. The van der Waals surface area contributed by atoms with E-state index < -0.39 is 53.4 Å². The number of benzene rings is 2. The number of methoxy groups -OCH3 is 1. The lowest BCUT2D eigenvalue weighted by atomic mass is 9.98. The van der Waals surface area contributed by atoms with Gasteiger partial charge in [0.05, 0.1) is 29.1 Å². The van der Waals surface area contributed by atoms with Gasteiger partial charge in [-0.15, -0.1) is 0 Å². The molecule has 2 aromatic carbocycles. The van der Waals surface area contributed by atoms with Crippen LogP contribution in [0.3, 0.4) is 0 Å². The third kappa shape index (κ3) is 6.72. The maximum Gasteiger partial charge on any atom is 0.416 e. The molecule has 2 aliphatic heterocycles. The second kappa shape index (κ2) is 11.4. The number of amidine groups is 1. The molecule has 7 nitrogen and oxygen atoms in total. The molecule has 214 valence electrons. The van der Waals surface area contributed by atoms with Crippen LogP contribution < -0.4 is 9.47 Å². The monoisotopic (exact) mass is 588 g/mol. The molecule has 0 aliphatic carbocycles. The number of piperidine rings is 1. The molecule has 1 N–H and O–H groups in total. The zero-order chi connectivity index (χ0) is 29.2. The standard InChI is InChI=1S/C26H22F6N2O5S/c1-38-20-10-14(11-21-22(35)33-24(40-21)34-8-6-15(7-9-34)23(36)37)2-5-19(20)39-13-16-3-4-17(25(27,28)29)12-18(16)26(30,31)32/h2-5,10-12,15H,6-9,13H2,1H3,(H,36,37). The Labute approximate surface area is 228 Å². The van der Waals surface area contributed by atoms with Crippen LogP contribution in [0.4, 0.5) is 26.3 Å². The zero-order valence-electron chi connectivity index (χ0n) is 20.8. The summed E-state index contributed by atoms with van der Waals surface area (Å²) in [6.07, 6.45) is -7.53. The lowest BCUT2D eigenvalue weighted by molar-refractivity contribution is -0.144. The highest BCUT2D eigenvalue weighted by Crippen LogP contribution is 2.39. The Hall–Kier alpha value is -3.68. The summed E-state index contributed by atoms with van der Waals surface area (Å²) < 4.78 is 89.9. The molecule has 1 amide bonds. The number of thioether (sulfide) groups is 1. The highest BCUT2D eigenvalue weighted by molar-refractivity contribution is 8.18. The van der Waals surface area contributed by atoms with E-state index in [-0.39, 0.29) is 17.6 Å². The van der Waals surface area contributed by atoms with Crippen molar-refractivity contribution in [1.29, 1.82) is 0 Å². The van der Waals surface area contributed by atoms with Crippen LogP contribution in [0.15, 0.2) is 46.3 Å². The largest absolute Gasteiger partial charge is 0.493 e. The SMILES string of the molecule is COc1cc(C=C2SC(N3CCC(C(=O)O)CC3)=NC2=O)ccc1OCc1ccc(C(F)(F)F)cc1C(F)(F)F. The van der Waals surface area contributed by atoms with Crippen molar-refractivity contribution in [2.75, 3.05) is 20.2 Å². The van der Waals surface area contributed by atoms with E-state index in [2.05, 4.69) is 4.99 Å². The van der Waals surface area contributed by atoms with Gasteiger partial charge >= 0.3 is 18.3 Å². The van der Waals surface area contributed by atoms with E-state index in [9.17, 15) is 35.9 Å². The van der Waals surface area contributed by atoms with E-state index in [0.29, 0.717) is 47.6 Å². The molecule has 4 rings (SSSR count). The second-order valence-electron chi connectivity index (χ2n) is 8.98. The molecule has 14 heteroatoms. The fourth-order valence-electron chi connectivity index (χ4n) is 4.19. The summed E-state index contributed by atoms with van der Waals surface area (Å²) in [5.74, 6) is -1.58. The zero-order valence-corrected chi connectivity index (χ0v) is 21.6. The molecule has 0 atom stereocenters. The smallest absolute Gasteiger partial charge is 0.416 e. The van der Waals surface area contributed by atoms with Crippen LogP contribution in [0.2, 0.25) is 0 Å². The Morgan fingerprint density at radius 2 is 1.77 bits per heavy atom. The molecule has 0 aromatic heterocycles. The Bertz CT molecular complexity index is 1360. The van der Waals surface area contributed by atoms with Gasteiger partial charge in [0, 0.05) is 18.7 Å². The van der Waals surface area contributed by atoms with E-state index in [1.54, 1.807) is 6.08 Å². The number of aliphatic imine (C=N–C) groups is 1. The van der Waals surface area contributed by atoms with E-state index in [1.165, 1.54) is 25.3 Å². The molecule has 0 unspecified atom stereocenters. The summed E-state index contributed by atoms with van der Waals surface area (Å²) in [4.78, 5) is 29.9. The van der Waals surface area contributed by atoms with Crippen LogP contribution in [0.5, 0.6) is 11.5 Å². The number of hydrogen-bond donors (Lipinski definition) is 1. The summed E-state index contributed by atoms with van der Waals surface area (Å²) in [7, 11) is 1.30. The van der Waals surface area contributed by atoms with Gasteiger partial charge in [-0.25, -0.2) is 0 Å². The Kier molecular flexibility index (Phi) is 8.38. The molecular formula is C26H22F6N2O5S. The topological polar surface area (TPSA) is 88.4 Å². The second-order valence-corrected chi connectivity index (χ2v) is 9.99. The summed E-state index contributed by atoms with van der Waals surface area (Å²) in [6.45, 7) is 0.240. The van der Waals surface area contributed by atoms with Gasteiger partial charge in [0.25, 0.3) is 5.91 Å². The van der Waals surface area contributed by atoms with Crippen molar-refractivity contribution in [2.45, 2.75) is 31.8 Å². The van der Waals surface area contributed by atoms with Crippen molar-refractivity contribution in [3.63, 3.8) is 0 Å². The summed E-state index contributed by atoms with van der Waals surface area (Å²) in [6, 6.07) is 5.76. The molecule has 0 radical (unpaired) electrons. The number of rotatable bonds is 6. The minimum atomic E-state index is -5.03. The van der Waals surface area contributed by atoms with Gasteiger partial charge in [0.2, 0.25) is 0 Å². The number of ether oxygens (including phenoxy) is 2. The van der Waals surface area contributed by atoms with Gasteiger partial charge in [0.15, 0.2) is 16.7 Å². The lowest BCUT2D eigenvalue weighted by Crippen LogP contribution is -2.38. The first-order valence-electron chi connectivity index (χ1n) is 11.8. The number of likely N-dealkylation sites (tertiary alicyclic amines) is 1. The molecule has 0 bridgehead atoms. The van der Waals surface area contributed by atoms with Crippen LogP contribution in [-0.2, 0) is 28.5 Å². The predicted octanol–water partition coefficient (Wildman–Crippen LogP) is 6.08. The van der Waals surface area contributed by atoms with E-state index in [0.717, 1.165) is 17.8 Å². The van der Waals surface area contributed by atoms with Crippen molar-refractivity contribution in [2.24, 2.45) is 10.9 Å². The van der Waals surface area contributed by atoms with Crippen LogP contribution in [0, 0.1) is 5.92 Å². The van der Waals surface area contributed by atoms with Gasteiger partial charge < -0.3 is 19.5 Å². The number of carboxylic acid groups (broad SMARTS) is 1. The van der Waals surface area contributed by atoms with Crippen molar-refractivity contribution in [3.8, 4) is 11.5 Å². The maximum atomic E-state index is 13.4. The van der Waals surface area contributed by atoms with E-state index in [4.69, 9.17) is 14.6 Å². The fourth-order valence-corrected chi connectivity index (χ4v) is 5.16. The van der Waals surface area contributed by atoms with Crippen LogP contribution in [-0.4, -0.2) is 47.2 Å².